The number of aromatic nitrogens is 3. The Morgan fingerprint density at radius 3 is 2.45 bits per heavy atom. The first kappa shape index (κ1) is 22.4. The highest BCUT2D eigenvalue weighted by atomic mass is 32.2. The molecule has 2 aromatic carbocycles. The van der Waals surface area contributed by atoms with E-state index in [9.17, 15) is 13.2 Å². The molecule has 1 aliphatic heterocycles. The number of piperazine rings is 1. The van der Waals surface area contributed by atoms with Crippen LogP contribution in [0, 0.1) is 0 Å². The van der Waals surface area contributed by atoms with Crippen LogP contribution in [0.5, 0.6) is 0 Å². The molecule has 1 aliphatic carbocycles. The Morgan fingerprint density at radius 1 is 1.03 bits per heavy atom. The van der Waals surface area contributed by atoms with E-state index in [1.165, 1.54) is 16.1 Å². The fraction of sp³-hybridized carbons (Fsp3) is 0.435. The number of hydrogen-bond acceptors (Lipinski definition) is 6. The summed E-state index contributed by atoms with van der Waals surface area (Å²) in [6.07, 6.45) is 2.32. The third kappa shape index (κ3) is 4.51. The first-order valence-corrected chi connectivity index (χ1v) is 13.7. The predicted molar refractivity (Wildman–Crippen MR) is 128 cm³/mol. The largest absolute Gasteiger partial charge is 0.339 e. The first-order valence-electron chi connectivity index (χ1n) is 11.3. The summed E-state index contributed by atoms with van der Waals surface area (Å²) in [5.41, 5.74) is 0. The van der Waals surface area contributed by atoms with Crippen molar-refractivity contribution in [2.75, 3.05) is 31.9 Å². The van der Waals surface area contributed by atoms with Gasteiger partial charge in [0.25, 0.3) is 0 Å². The predicted octanol–water partition coefficient (Wildman–Crippen LogP) is 2.95. The van der Waals surface area contributed by atoms with Gasteiger partial charge < -0.3 is 9.47 Å². The van der Waals surface area contributed by atoms with Gasteiger partial charge >= 0.3 is 0 Å². The molecular formula is C23H27N5O3S2. The smallest absolute Gasteiger partial charge is 0.243 e. The summed E-state index contributed by atoms with van der Waals surface area (Å²) in [5.74, 6) is 1.82. The number of carbonyl (C=O) groups excluding carboxylic acids is 1. The van der Waals surface area contributed by atoms with Gasteiger partial charge in [0, 0.05) is 38.6 Å². The van der Waals surface area contributed by atoms with Crippen molar-refractivity contribution in [3.8, 4) is 0 Å². The van der Waals surface area contributed by atoms with Gasteiger partial charge in [-0.1, -0.05) is 42.1 Å². The highest BCUT2D eigenvalue weighted by Gasteiger charge is 2.32. The molecule has 174 valence electrons. The Bertz CT molecular complexity index is 1280. The minimum atomic E-state index is -3.60. The SMILES string of the molecule is CCn1c(SCC(=O)N2CCN(S(=O)(=O)c3ccc4ccccc4c3)CC2)nnc1C1CC1. The number of thioether (sulfide) groups is 1. The van der Waals surface area contributed by atoms with Crippen molar-refractivity contribution >= 4 is 38.5 Å². The van der Waals surface area contributed by atoms with Crippen LogP contribution >= 0.6 is 11.8 Å². The van der Waals surface area contributed by atoms with Crippen LogP contribution < -0.4 is 0 Å². The molecule has 2 heterocycles. The summed E-state index contributed by atoms with van der Waals surface area (Å²) in [4.78, 5) is 14.8. The van der Waals surface area contributed by atoms with Crippen molar-refractivity contribution in [3.05, 3.63) is 48.3 Å². The third-order valence-electron chi connectivity index (χ3n) is 6.28. The van der Waals surface area contributed by atoms with Crippen LogP contribution in [0.15, 0.2) is 52.5 Å². The van der Waals surface area contributed by atoms with Gasteiger partial charge in [-0.15, -0.1) is 10.2 Å². The standard InChI is InChI=1S/C23H27N5O3S2/c1-2-28-22(18-7-8-18)24-25-23(28)32-16-21(29)26-11-13-27(14-12-26)33(30,31)20-10-9-17-5-3-4-6-19(17)15-20/h3-6,9-10,15,18H,2,7-8,11-14,16H2,1H3. The van der Waals surface area contributed by atoms with E-state index < -0.39 is 10.0 Å². The second-order valence-corrected chi connectivity index (χ2v) is 11.3. The second-order valence-electron chi connectivity index (χ2n) is 8.44. The third-order valence-corrected chi connectivity index (χ3v) is 9.13. The number of amides is 1. The van der Waals surface area contributed by atoms with E-state index >= 15 is 0 Å². The van der Waals surface area contributed by atoms with Crippen LogP contribution in [0.25, 0.3) is 10.8 Å². The zero-order valence-corrected chi connectivity index (χ0v) is 20.2. The molecule has 8 nitrogen and oxygen atoms in total. The van der Waals surface area contributed by atoms with Crippen LogP contribution in [-0.2, 0) is 21.4 Å². The Morgan fingerprint density at radius 2 is 1.76 bits per heavy atom. The second kappa shape index (κ2) is 9.08. The Kier molecular flexibility index (Phi) is 6.15. The molecule has 1 saturated heterocycles. The summed E-state index contributed by atoms with van der Waals surface area (Å²) >= 11 is 1.41. The molecule has 3 aromatic rings. The first-order chi connectivity index (χ1) is 16.0. The monoisotopic (exact) mass is 485 g/mol. The van der Waals surface area contributed by atoms with Crippen molar-refractivity contribution in [1.82, 2.24) is 24.0 Å². The number of benzene rings is 2. The van der Waals surface area contributed by atoms with Gasteiger partial charge in [0.2, 0.25) is 15.9 Å². The summed E-state index contributed by atoms with van der Waals surface area (Å²) in [5, 5.41) is 11.3. The van der Waals surface area contributed by atoms with Crippen LogP contribution in [0.4, 0.5) is 0 Å². The molecule has 0 bridgehead atoms. The molecule has 33 heavy (non-hydrogen) atoms. The van der Waals surface area contributed by atoms with E-state index in [1.807, 2.05) is 30.3 Å². The lowest BCUT2D eigenvalue weighted by Gasteiger charge is -2.34. The minimum absolute atomic E-state index is 0.00128. The van der Waals surface area contributed by atoms with Gasteiger partial charge in [0.05, 0.1) is 10.6 Å². The van der Waals surface area contributed by atoms with E-state index in [4.69, 9.17) is 0 Å². The molecule has 0 unspecified atom stereocenters. The molecule has 1 amide bonds. The van der Waals surface area contributed by atoms with E-state index in [0.29, 0.717) is 37.0 Å². The minimum Gasteiger partial charge on any atom is -0.339 e. The van der Waals surface area contributed by atoms with Crippen molar-refractivity contribution in [2.45, 2.75) is 42.3 Å². The summed E-state index contributed by atoms with van der Waals surface area (Å²) in [6, 6.07) is 12.9. The summed E-state index contributed by atoms with van der Waals surface area (Å²) < 4.78 is 29.9. The maximum absolute atomic E-state index is 13.2. The molecular weight excluding hydrogens is 458 g/mol. The molecule has 0 radical (unpaired) electrons. The molecule has 1 saturated carbocycles. The molecule has 2 aliphatic rings. The number of carbonyl (C=O) groups is 1. The maximum atomic E-state index is 13.2. The topological polar surface area (TPSA) is 88.4 Å². The zero-order chi connectivity index (χ0) is 23.0. The van der Waals surface area contributed by atoms with Gasteiger partial charge in [0.15, 0.2) is 5.16 Å². The molecule has 5 rings (SSSR count). The van der Waals surface area contributed by atoms with Crippen LogP contribution in [-0.4, -0.2) is 70.2 Å². The lowest BCUT2D eigenvalue weighted by molar-refractivity contribution is -0.129. The fourth-order valence-electron chi connectivity index (χ4n) is 4.22. The zero-order valence-electron chi connectivity index (χ0n) is 18.6. The number of rotatable bonds is 7. The van der Waals surface area contributed by atoms with Crippen LogP contribution in [0.1, 0.15) is 31.5 Å². The summed E-state index contributed by atoms with van der Waals surface area (Å²) in [7, 11) is -3.60. The average molecular weight is 486 g/mol. The maximum Gasteiger partial charge on any atom is 0.243 e. The molecule has 0 N–H and O–H groups in total. The van der Waals surface area contributed by atoms with Crippen molar-refractivity contribution in [3.63, 3.8) is 0 Å². The van der Waals surface area contributed by atoms with Crippen molar-refractivity contribution in [1.29, 1.82) is 0 Å². The number of fused-ring (bicyclic) bond motifs is 1. The number of hydrogen-bond donors (Lipinski definition) is 0. The number of nitrogens with zero attached hydrogens (tertiary/aromatic N) is 5. The Hall–Kier alpha value is -2.43. The Balaban J connectivity index is 1.19. The Labute approximate surface area is 198 Å². The lowest BCUT2D eigenvalue weighted by Crippen LogP contribution is -2.50. The van der Waals surface area contributed by atoms with E-state index in [0.717, 1.165) is 41.1 Å². The van der Waals surface area contributed by atoms with Gasteiger partial charge in [-0.05, 0) is 42.7 Å². The van der Waals surface area contributed by atoms with E-state index in [2.05, 4.69) is 21.7 Å². The molecule has 1 aromatic heterocycles. The molecule has 0 atom stereocenters. The van der Waals surface area contributed by atoms with Gasteiger partial charge in [-0.3, -0.25) is 4.79 Å². The lowest BCUT2D eigenvalue weighted by atomic mass is 10.1. The van der Waals surface area contributed by atoms with Crippen LogP contribution in [0.2, 0.25) is 0 Å². The van der Waals surface area contributed by atoms with E-state index in [1.54, 1.807) is 17.0 Å². The van der Waals surface area contributed by atoms with Gasteiger partial charge in [-0.25, -0.2) is 8.42 Å². The van der Waals surface area contributed by atoms with E-state index in [-0.39, 0.29) is 11.7 Å². The normalized spacial score (nSPS) is 17.5. The highest BCUT2D eigenvalue weighted by molar-refractivity contribution is 7.99. The average Bonchev–Trinajstić information content (AvgIpc) is 3.61. The van der Waals surface area contributed by atoms with Gasteiger partial charge in [-0.2, -0.15) is 4.31 Å². The molecule has 0 spiro atoms. The van der Waals surface area contributed by atoms with Crippen molar-refractivity contribution in [2.24, 2.45) is 0 Å². The number of sulfonamides is 1. The van der Waals surface area contributed by atoms with Crippen molar-refractivity contribution < 1.29 is 13.2 Å². The fourth-order valence-corrected chi connectivity index (χ4v) is 6.59. The summed E-state index contributed by atoms with van der Waals surface area (Å²) in [6.45, 7) is 4.22. The van der Waals surface area contributed by atoms with Crippen LogP contribution in [0.3, 0.4) is 0 Å². The highest BCUT2D eigenvalue weighted by Crippen LogP contribution is 2.40. The van der Waals surface area contributed by atoms with Gasteiger partial charge in [0.1, 0.15) is 5.82 Å². The molecule has 2 fully saturated rings. The molecule has 10 heteroatoms. The quantitative estimate of drug-likeness (QED) is 0.478.